The number of nitrogens with zero attached hydrogens (tertiary/aromatic N) is 2. The first-order valence-corrected chi connectivity index (χ1v) is 10.8. The molecule has 1 aromatic rings. The first-order valence-electron chi connectivity index (χ1n) is 8.31. The molecule has 0 unspecified atom stereocenters. The van der Waals surface area contributed by atoms with Crippen LogP contribution < -0.4 is 0 Å². The molecule has 0 bridgehead atoms. The Kier molecular flexibility index (Phi) is 6.27. The third-order valence-electron chi connectivity index (χ3n) is 4.16. The highest BCUT2D eigenvalue weighted by Gasteiger charge is 2.55. The lowest BCUT2D eigenvalue weighted by Gasteiger charge is -2.47. The van der Waals surface area contributed by atoms with Crippen LogP contribution in [0, 0.1) is 23.0 Å². The van der Waals surface area contributed by atoms with Crippen molar-refractivity contribution in [1.29, 1.82) is 5.26 Å². The number of hydrogen-bond donors (Lipinski definition) is 0. The van der Waals surface area contributed by atoms with Crippen LogP contribution in [0.1, 0.15) is 26.3 Å². The summed E-state index contributed by atoms with van der Waals surface area (Å²) in [5.41, 5.74) is -1.82. The van der Waals surface area contributed by atoms with Gasteiger partial charge in [-0.1, -0.05) is 6.07 Å². The van der Waals surface area contributed by atoms with Crippen LogP contribution in [0.25, 0.3) is 0 Å². The van der Waals surface area contributed by atoms with Crippen LogP contribution in [-0.2, 0) is 16.1 Å². The maximum absolute atomic E-state index is 13.5. The number of ether oxygens (including phenoxy) is 1. The van der Waals surface area contributed by atoms with Crippen molar-refractivity contribution in [1.82, 2.24) is 4.90 Å². The summed E-state index contributed by atoms with van der Waals surface area (Å²) in [6.07, 6.45) is 0. The Hall–Kier alpha value is -1.98. The monoisotopic (exact) mass is 413 g/mol. The van der Waals surface area contributed by atoms with Crippen LogP contribution >= 0.6 is 11.6 Å². The zero-order valence-corrected chi connectivity index (χ0v) is 17.1. The van der Waals surface area contributed by atoms with Gasteiger partial charge in [0.1, 0.15) is 17.0 Å². The molecule has 1 saturated heterocycles. The molecular weight excluding hydrogens is 394 g/mol. The van der Waals surface area contributed by atoms with E-state index in [4.69, 9.17) is 16.3 Å². The SMILES string of the molecule is CC(C)(C)OC(=O)[Si]1CC(C#N)(N(Cc2ccc(F)c(F)c2)C(=O)CCl)C1. The number of rotatable bonds is 5. The van der Waals surface area contributed by atoms with Crippen molar-refractivity contribution in [3.63, 3.8) is 0 Å². The summed E-state index contributed by atoms with van der Waals surface area (Å²) in [6.45, 7) is 5.18. The van der Waals surface area contributed by atoms with Crippen molar-refractivity contribution < 1.29 is 23.1 Å². The van der Waals surface area contributed by atoms with E-state index in [9.17, 15) is 23.6 Å². The van der Waals surface area contributed by atoms with Gasteiger partial charge in [0.05, 0.1) is 6.07 Å². The van der Waals surface area contributed by atoms with E-state index in [0.29, 0.717) is 5.56 Å². The largest absolute Gasteiger partial charge is 0.465 e. The molecule has 1 aromatic carbocycles. The number of carbonyl (C=O) groups excluding carboxylic acids is 2. The number of alkyl halides is 1. The molecule has 1 aliphatic heterocycles. The highest BCUT2D eigenvalue weighted by molar-refractivity contribution is 6.91. The first-order chi connectivity index (χ1) is 12.5. The van der Waals surface area contributed by atoms with E-state index < -0.39 is 37.5 Å². The molecule has 27 heavy (non-hydrogen) atoms. The maximum atomic E-state index is 13.5. The van der Waals surface area contributed by atoms with Crippen LogP contribution in [0.3, 0.4) is 0 Å². The van der Waals surface area contributed by atoms with E-state index in [1.54, 1.807) is 20.8 Å². The number of benzene rings is 1. The Morgan fingerprint density at radius 1 is 1.33 bits per heavy atom. The highest BCUT2D eigenvalue weighted by Crippen LogP contribution is 2.41. The topological polar surface area (TPSA) is 70.4 Å². The number of amides is 1. The molecule has 0 aromatic heterocycles. The molecule has 145 valence electrons. The Bertz CT molecular complexity index is 786. The number of nitriles is 1. The molecule has 5 nitrogen and oxygen atoms in total. The zero-order valence-electron chi connectivity index (χ0n) is 15.3. The van der Waals surface area contributed by atoms with Crippen molar-refractivity contribution in [2.45, 2.75) is 50.5 Å². The summed E-state index contributed by atoms with van der Waals surface area (Å²) in [5, 5.41) is 9.70. The van der Waals surface area contributed by atoms with Crippen LogP contribution in [-0.4, -0.2) is 42.2 Å². The fourth-order valence-electron chi connectivity index (χ4n) is 2.85. The number of carbonyl (C=O) groups is 2. The van der Waals surface area contributed by atoms with Crippen molar-refractivity contribution in [3.05, 3.63) is 35.4 Å². The van der Waals surface area contributed by atoms with Crippen LogP contribution in [0.5, 0.6) is 0 Å². The lowest BCUT2D eigenvalue weighted by Crippen LogP contribution is -2.63. The molecule has 1 radical (unpaired) electrons. The second kappa shape index (κ2) is 7.95. The van der Waals surface area contributed by atoms with Crippen molar-refractivity contribution in [2.24, 2.45) is 0 Å². The minimum atomic E-state index is -1.62. The second-order valence-electron chi connectivity index (χ2n) is 7.46. The maximum Gasteiger partial charge on any atom is 0.270 e. The van der Waals surface area contributed by atoms with Crippen molar-refractivity contribution >= 4 is 31.9 Å². The number of hydrogen-bond acceptors (Lipinski definition) is 4. The van der Waals surface area contributed by atoms with E-state index >= 15 is 0 Å². The summed E-state index contributed by atoms with van der Waals surface area (Å²) in [6, 6.07) is 5.81. The van der Waals surface area contributed by atoms with E-state index in [-0.39, 0.29) is 30.1 Å². The van der Waals surface area contributed by atoms with Gasteiger partial charge in [-0.25, -0.2) is 8.78 Å². The first kappa shape index (κ1) is 21.3. The summed E-state index contributed by atoms with van der Waals surface area (Å²) < 4.78 is 32.0. The molecule has 1 amide bonds. The van der Waals surface area contributed by atoms with Gasteiger partial charge in [-0.15, -0.1) is 11.6 Å². The molecule has 0 N–H and O–H groups in total. The Morgan fingerprint density at radius 3 is 2.44 bits per heavy atom. The van der Waals surface area contributed by atoms with Gasteiger partial charge in [0, 0.05) is 6.54 Å². The lowest BCUT2D eigenvalue weighted by molar-refractivity contribution is -0.133. The molecule has 9 heteroatoms. The molecule has 2 rings (SSSR count). The van der Waals surface area contributed by atoms with Crippen molar-refractivity contribution in [3.8, 4) is 6.07 Å². The lowest BCUT2D eigenvalue weighted by atomic mass is 10.0. The van der Waals surface area contributed by atoms with Gasteiger partial charge < -0.3 is 9.64 Å². The minimum Gasteiger partial charge on any atom is -0.465 e. The third-order valence-corrected chi connectivity index (χ3v) is 7.10. The molecule has 1 aliphatic rings. The van der Waals surface area contributed by atoms with Crippen LogP contribution in [0.4, 0.5) is 13.6 Å². The summed E-state index contributed by atoms with van der Waals surface area (Å²) in [5.74, 6) is -2.90. The Labute approximate surface area is 163 Å². The number of halogens is 3. The normalized spacial score (nSPS) is 16.2. The minimum absolute atomic E-state index is 0.0974. The average Bonchev–Trinajstić information content (AvgIpc) is 2.54. The van der Waals surface area contributed by atoms with Crippen molar-refractivity contribution in [2.75, 3.05) is 5.88 Å². The van der Waals surface area contributed by atoms with Gasteiger partial charge in [0.15, 0.2) is 20.4 Å². The Balaban J connectivity index is 2.20. The van der Waals surface area contributed by atoms with Gasteiger partial charge in [-0.2, -0.15) is 5.26 Å². The molecule has 0 atom stereocenters. The fourth-order valence-corrected chi connectivity index (χ4v) is 5.58. The fraction of sp³-hybridized carbons (Fsp3) is 0.500. The summed E-state index contributed by atoms with van der Waals surface area (Å²) in [7, 11) is -1.62. The second-order valence-corrected chi connectivity index (χ2v) is 10.1. The van der Waals surface area contributed by atoms with E-state index in [0.717, 1.165) is 12.1 Å². The molecule has 1 heterocycles. The summed E-state index contributed by atoms with van der Waals surface area (Å²) >= 11 is 5.68. The molecule has 0 aliphatic carbocycles. The van der Waals surface area contributed by atoms with Gasteiger partial charge in [-0.05, 0) is 50.6 Å². The predicted octanol–water partition coefficient (Wildman–Crippen LogP) is 3.82. The quantitative estimate of drug-likeness (QED) is 0.543. The van der Waals surface area contributed by atoms with E-state index in [2.05, 4.69) is 6.07 Å². The van der Waals surface area contributed by atoms with Crippen LogP contribution in [0.15, 0.2) is 18.2 Å². The smallest absolute Gasteiger partial charge is 0.270 e. The standard InChI is InChI=1S/C18H20ClF2N2O3Si/c1-17(2,3)26-16(25)27-10-18(9-22,11-27)23(15(24)7-19)8-12-4-5-13(20)14(21)6-12/h4-6H,7-8,10-11H2,1-3H3. The van der Waals surface area contributed by atoms with Crippen LogP contribution in [0.2, 0.25) is 12.1 Å². The zero-order chi connectivity index (χ0) is 20.4. The van der Waals surface area contributed by atoms with E-state index in [1.807, 2.05) is 0 Å². The van der Waals surface area contributed by atoms with E-state index in [1.165, 1.54) is 11.0 Å². The highest BCUT2D eigenvalue weighted by atomic mass is 35.5. The molecule has 1 fully saturated rings. The van der Waals surface area contributed by atoms with Gasteiger partial charge in [-0.3, -0.25) is 9.59 Å². The van der Waals surface area contributed by atoms with Gasteiger partial charge in [0.2, 0.25) is 5.91 Å². The third kappa shape index (κ3) is 4.85. The molecule has 0 spiro atoms. The average molecular weight is 414 g/mol. The molecule has 0 saturated carbocycles. The van der Waals surface area contributed by atoms with Gasteiger partial charge in [0.25, 0.3) is 5.59 Å². The predicted molar refractivity (Wildman–Crippen MR) is 97.6 cm³/mol. The molecular formula is C18H20ClF2N2O3Si. The van der Waals surface area contributed by atoms with Gasteiger partial charge >= 0.3 is 0 Å². The summed E-state index contributed by atoms with van der Waals surface area (Å²) in [4.78, 5) is 25.8. The Morgan fingerprint density at radius 2 is 1.96 bits per heavy atom.